The highest BCUT2D eigenvalue weighted by atomic mass is 32.1. The highest BCUT2D eigenvalue weighted by Gasteiger charge is 2.32. The zero-order valence-corrected chi connectivity index (χ0v) is 18.1. The second-order valence-electron chi connectivity index (χ2n) is 7.12. The maximum atomic E-state index is 12.0. The number of H-pyrrole nitrogens is 1. The minimum atomic E-state index is -0.445. The highest BCUT2D eigenvalue weighted by molar-refractivity contribution is 7.59. The Labute approximate surface area is 186 Å². The first kappa shape index (κ1) is 22.6. The molecule has 1 saturated heterocycles. The number of benzene rings is 1. The van der Waals surface area contributed by atoms with Gasteiger partial charge in [0.1, 0.15) is 24.1 Å². The summed E-state index contributed by atoms with van der Waals surface area (Å²) >= 11 is 0. The normalized spacial score (nSPS) is 15.6. The average molecular weight is 444 g/mol. The van der Waals surface area contributed by atoms with E-state index in [0.29, 0.717) is 30.3 Å². The summed E-state index contributed by atoms with van der Waals surface area (Å²) in [5.41, 5.74) is 7.88. The van der Waals surface area contributed by atoms with Gasteiger partial charge in [-0.3, -0.25) is 4.79 Å². The number of fused-ring (bicyclic) bond motifs is 1. The third-order valence-electron chi connectivity index (χ3n) is 5.11. The van der Waals surface area contributed by atoms with Crippen molar-refractivity contribution in [1.82, 2.24) is 15.0 Å². The molecule has 1 aliphatic rings. The van der Waals surface area contributed by atoms with Crippen LogP contribution in [0.4, 0.5) is 5.82 Å². The fraction of sp³-hybridized carbons (Fsp3) is 0.333. The van der Waals surface area contributed by atoms with Crippen LogP contribution in [0.25, 0.3) is 22.4 Å². The second kappa shape index (κ2) is 9.80. The molecule has 0 unspecified atom stereocenters. The molecular formula is C21H25N5O4S. The summed E-state index contributed by atoms with van der Waals surface area (Å²) in [6.45, 7) is 0.730. The van der Waals surface area contributed by atoms with Gasteiger partial charge in [-0.25, -0.2) is 14.8 Å². The molecule has 0 bridgehead atoms. The molecule has 2 aromatic heterocycles. The summed E-state index contributed by atoms with van der Waals surface area (Å²) in [4.78, 5) is 37.9. The monoisotopic (exact) mass is 443 g/mol. The summed E-state index contributed by atoms with van der Waals surface area (Å²) in [5.74, 6) is 0.407. The third-order valence-corrected chi connectivity index (χ3v) is 5.11. The van der Waals surface area contributed by atoms with Gasteiger partial charge in [-0.05, 0) is 18.9 Å². The number of nitrogens with zero attached hydrogens (tertiary/aromatic N) is 3. The molecule has 9 nitrogen and oxygen atoms in total. The van der Waals surface area contributed by atoms with E-state index in [4.69, 9.17) is 15.5 Å². The lowest BCUT2D eigenvalue weighted by molar-refractivity contribution is -0.146. The van der Waals surface area contributed by atoms with Gasteiger partial charge in [0.15, 0.2) is 5.82 Å². The van der Waals surface area contributed by atoms with E-state index in [1.54, 1.807) is 0 Å². The Morgan fingerprint density at radius 3 is 2.74 bits per heavy atom. The smallest absolute Gasteiger partial charge is 0.331 e. The molecule has 0 spiro atoms. The number of anilines is 1. The largest absolute Gasteiger partial charge is 0.467 e. The molecule has 164 valence electrons. The summed E-state index contributed by atoms with van der Waals surface area (Å²) in [6, 6.07) is 11.1. The van der Waals surface area contributed by atoms with Gasteiger partial charge in [0.2, 0.25) is 5.91 Å². The van der Waals surface area contributed by atoms with E-state index in [0.717, 1.165) is 23.1 Å². The van der Waals surface area contributed by atoms with Crippen molar-refractivity contribution in [3.63, 3.8) is 0 Å². The number of primary amides is 1. The van der Waals surface area contributed by atoms with Gasteiger partial charge in [-0.15, -0.1) is 0 Å². The van der Waals surface area contributed by atoms with E-state index in [2.05, 4.69) is 14.7 Å². The molecule has 10 heteroatoms. The number of aromatic nitrogens is 3. The number of methoxy groups -OCH3 is 1. The summed E-state index contributed by atoms with van der Waals surface area (Å²) in [5, 5.41) is 0.777. The Hall–Kier alpha value is -3.11. The molecule has 31 heavy (non-hydrogen) atoms. The molecule has 3 aromatic rings. The van der Waals surface area contributed by atoms with Gasteiger partial charge < -0.3 is 25.1 Å². The quantitative estimate of drug-likeness (QED) is 0.534. The van der Waals surface area contributed by atoms with E-state index >= 15 is 0 Å². The minimum Gasteiger partial charge on any atom is -0.467 e. The van der Waals surface area contributed by atoms with E-state index < -0.39 is 12.0 Å². The van der Waals surface area contributed by atoms with Gasteiger partial charge in [0.25, 0.3) is 0 Å². The van der Waals surface area contributed by atoms with E-state index in [1.807, 2.05) is 41.3 Å². The molecular weight excluding hydrogens is 418 g/mol. The van der Waals surface area contributed by atoms with Crippen molar-refractivity contribution >= 4 is 42.2 Å². The van der Waals surface area contributed by atoms with Crippen LogP contribution in [0.15, 0.2) is 36.4 Å². The minimum absolute atomic E-state index is 0. The van der Waals surface area contributed by atoms with Crippen molar-refractivity contribution in [3.8, 4) is 11.4 Å². The first-order valence-electron chi connectivity index (χ1n) is 9.72. The standard InChI is InChI=1S/C21H23N5O4.H2S/c1-29-17(27)12-30-11-14-10-15-20(23-14)24-19(13-6-3-2-4-7-13)25-21(15)26-9-5-8-16(26)18(22)28;/h2-4,6-7,10,16H,5,8-9,11-12H2,1H3,(H2,22,28)(H,23,24,25);1H2/t16-;/m0./s1. The van der Waals surface area contributed by atoms with Crippen LogP contribution in [0.3, 0.4) is 0 Å². The van der Waals surface area contributed by atoms with E-state index in [9.17, 15) is 9.59 Å². The Morgan fingerprint density at radius 2 is 2.03 bits per heavy atom. The van der Waals surface area contributed by atoms with Crippen LogP contribution in [-0.2, 0) is 25.7 Å². The van der Waals surface area contributed by atoms with E-state index in [-0.39, 0.29) is 32.6 Å². The first-order chi connectivity index (χ1) is 14.6. The Kier molecular flexibility index (Phi) is 7.13. The lowest BCUT2D eigenvalue weighted by Gasteiger charge is -2.24. The average Bonchev–Trinajstić information content (AvgIpc) is 3.40. The fourth-order valence-electron chi connectivity index (χ4n) is 3.68. The van der Waals surface area contributed by atoms with Crippen LogP contribution in [0.1, 0.15) is 18.5 Å². The number of carbonyl (C=O) groups is 2. The van der Waals surface area contributed by atoms with Crippen molar-refractivity contribution in [2.45, 2.75) is 25.5 Å². The third kappa shape index (κ3) is 4.80. The maximum Gasteiger partial charge on any atom is 0.331 e. The van der Waals surface area contributed by atoms with Gasteiger partial charge in [-0.2, -0.15) is 13.5 Å². The van der Waals surface area contributed by atoms with Gasteiger partial charge >= 0.3 is 5.97 Å². The number of nitrogens with two attached hydrogens (primary N) is 1. The Bertz CT molecular complexity index is 1070. The second-order valence-corrected chi connectivity index (χ2v) is 7.12. The van der Waals surface area contributed by atoms with Gasteiger partial charge in [0.05, 0.1) is 19.1 Å². The number of amides is 1. The zero-order chi connectivity index (χ0) is 21.1. The van der Waals surface area contributed by atoms with Crippen molar-refractivity contribution in [3.05, 3.63) is 42.1 Å². The zero-order valence-electron chi connectivity index (χ0n) is 17.1. The molecule has 3 heterocycles. The number of rotatable bonds is 7. The van der Waals surface area contributed by atoms with Crippen LogP contribution < -0.4 is 10.6 Å². The molecule has 1 aliphatic heterocycles. The first-order valence-corrected chi connectivity index (χ1v) is 9.72. The summed E-state index contributed by atoms with van der Waals surface area (Å²) < 4.78 is 9.99. The molecule has 1 aromatic carbocycles. The topological polar surface area (TPSA) is 123 Å². The summed E-state index contributed by atoms with van der Waals surface area (Å²) in [7, 11) is 1.31. The number of aromatic amines is 1. The molecule has 1 amide bonds. The van der Waals surface area contributed by atoms with Crippen LogP contribution in [0.5, 0.6) is 0 Å². The molecule has 3 N–H and O–H groups in total. The number of esters is 1. The van der Waals surface area contributed by atoms with Crippen molar-refractivity contribution in [2.24, 2.45) is 5.73 Å². The predicted octanol–water partition coefficient (Wildman–Crippen LogP) is 1.88. The summed E-state index contributed by atoms with van der Waals surface area (Å²) in [6.07, 6.45) is 1.56. The van der Waals surface area contributed by atoms with Crippen LogP contribution in [-0.4, -0.2) is 53.1 Å². The number of nitrogens with one attached hydrogen (secondary N) is 1. The van der Waals surface area contributed by atoms with Gasteiger partial charge in [-0.1, -0.05) is 30.3 Å². The highest BCUT2D eigenvalue weighted by Crippen LogP contribution is 2.32. The molecule has 0 saturated carbocycles. The number of carbonyl (C=O) groups excluding carboxylic acids is 2. The number of ether oxygens (including phenoxy) is 2. The maximum absolute atomic E-state index is 12.0. The van der Waals surface area contributed by atoms with Crippen molar-refractivity contribution < 1.29 is 19.1 Å². The lowest BCUT2D eigenvalue weighted by Crippen LogP contribution is -2.40. The lowest BCUT2D eigenvalue weighted by atomic mass is 10.2. The molecule has 1 atom stereocenters. The number of hydrogen-bond donors (Lipinski definition) is 2. The Balaban J connectivity index is 0.00000272. The van der Waals surface area contributed by atoms with Crippen LogP contribution >= 0.6 is 13.5 Å². The Morgan fingerprint density at radius 1 is 1.26 bits per heavy atom. The molecule has 0 aliphatic carbocycles. The molecule has 0 radical (unpaired) electrons. The molecule has 4 rings (SSSR count). The van der Waals surface area contributed by atoms with Gasteiger partial charge in [0, 0.05) is 17.8 Å². The predicted molar refractivity (Wildman–Crippen MR) is 121 cm³/mol. The van der Waals surface area contributed by atoms with Crippen LogP contribution in [0.2, 0.25) is 0 Å². The number of hydrogen-bond acceptors (Lipinski definition) is 7. The van der Waals surface area contributed by atoms with Crippen LogP contribution in [0, 0.1) is 0 Å². The fourth-order valence-corrected chi connectivity index (χ4v) is 3.68. The van der Waals surface area contributed by atoms with Crippen molar-refractivity contribution in [1.29, 1.82) is 0 Å². The molecule has 1 fully saturated rings. The van der Waals surface area contributed by atoms with Crippen molar-refractivity contribution in [2.75, 3.05) is 25.2 Å². The SMILES string of the molecule is COC(=O)COCc1cc2c(N3CCC[C@H]3C(N)=O)nc(-c3ccccc3)nc2[nH]1.S. The van der Waals surface area contributed by atoms with E-state index in [1.165, 1.54) is 7.11 Å².